The Hall–Kier alpha value is -0.0900. The Bertz CT molecular complexity index is 445. The highest BCUT2D eigenvalue weighted by atomic mass is 79.9. The molecule has 0 unspecified atom stereocenters. The predicted octanol–water partition coefficient (Wildman–Crippen LogP) is 2.36. The normalized spacial score (nSPS) is 27.1. The minimum Gasteiger partial charge on any atom is -0.351 e. The van der Waals surface area contributed by atoms with Crippen LogP contribution in [-0.4, -0.2) is 18.5 Å². The average molecular weight is 230 g/mol. The highest BCUT2D eigenvalue weighted by Gasteiger charge is 2.01. The van der Waals surface area contributed by atoms with Gasteiger partial charge in [-0.25, -0.2) is 4.98 Å². The first-order valence-corrected chi connectivity index (χ1v) is 3.82. The zero-order valence-corrected chi connectivity index (χ0v) is 7.08. The van der Waals surface area contributed by atoms with Gasteiger partial charge >= 0.3 is 0 Å². The van der Waals surface area contributed by atoms with Crippen molar-refractivity contribution in [2.45, 2.75) is 6.85 Å². The number of hydrogen-bond acceptors (Lipinski definition) is 3. The standard InChI is InChI=1S/C6H9BrN2S/c1-3-9(2)6-8-5(7)4-10-6/h4H,3H2,1-2H3/i1D3,2D3,3D2,4D. The maximum atomic E-state index is 7.57. The molecule has 0 fully saturated rings. The van der Waals surface area contributed by atoms with Gasteiger partial charge in [0.15, 0.2) is 5.13 Å². The summed E-state index contributed by atoms with van der Waals surface area (Å²) < 4.78 is 65.9. The summed E-state index contributed by atoms with van der Waals surface area (Å²) >= 11 is 3.48. The van der Waals surface area contributed by atoms with Crippen LogP contribution in [0.1, 0.15) is 19.2 Å². The average Bonchev–Trinajstić information content (AvgIpc) is 2.40. The molecule has 0 radical (unpaired) electrons. The van der Waals surface area contributed by atoms with Crippen LogP contribution in [0.3, 0.4) is 0 Å². The van der Waals surface area contributed by atoms with E-state index in [0.29, 0.717) is 11.3 Å². The molecule has 0 saturated heterocycles. The summed E-state index contributed by atoms with van der Waals surface area (Å²) in [5.74, 6) is 0. The van der Waals surface area contributed by atoms with Gasteiger partial charge in [0, 0.05) is 29.8 Å². The van der Waals surface area contributed by atoms with E-state index in [1.807, 2.05) is 0 Å². The molecule has 0 atom stereocenters. The zero-order chi connectivity index (χ0) is 15.2. The molecule has 0 amide bonds. The molecule has 0 aliphatic heterocycles. The molecule has 2 nitrogen and oxygen atoms in total. The summed E-state index contributed by atoms with van der Waals surface area (Å²) in [6, 6.07) is 0. The Balaban J connectivity index is 3.40. The van der Waals surface area contributed by atoms with Crippen molar-refractivity contribution in [1.29, 1.82) is 0 Å². The summed E-state index contributed by atoms with van der Waals surface area (Å²) in [4.78, 5) is 3.79. The fraction of sp³-hybridized carbons (Fsp3) is 0.500. The van der Waals surface area contributed by atoms with Crippen molar-refractivity contribution in [3.05, 3.63) is 9.96 Å². The third-order valence-corrected chi connectivity index (χ3v) is 2.11. The predicted molar refractivity (Wildman–Crippen MR) is 48.8 cm³/mol. The van der Waals surface area contributed by atoms with Gasteiger partial charge in [-0.3, -0.25) is 0 Å². The second-order valence-electron chi connectivity index (χ2n) is 1.34. The molecule has 1 rings (SSSR count). The van der Waals surface area contributed by atoms with Gasteiger partial charge in [0.25, 0.3) is 0 Å². The van der Waals surface area contributed by atoms with Gasteiger partial charge in [-0.2, -0.15) is 0 Å². The smallest absolute Gasteiger partial charge is 0.186 e. The van der Waals surface area contributed by atoms with Gasteiger partial charge < -0.3 is 4.90 Å². The second kappa shape index (κ2) is 3.34. The summed E-state index contributed by atoms with van der Waals surface area (Å²) in [5.41, 5.74) is 0. The molecule has 1 heterocycles. The SMILES string of the molecule is [2H]c1sc(N(C([2H])([2H])[2H])C([2H])([2H])C([2H])([2H])[2H])nc1Br. The van der Waals surface area contributed by atoms with Crippen molar-refractivity contribution in [1.82, 2.24) is 4.98 Å². The van der Waals surface area contributed by atoms with E-state index in [2.05, 4.69) is 20.9 Å². The van der Waals surface area contributed by atoms with Crippen LogP contribution in [0.2, 0.25) is 0 Å². The number of halogens is 1. The van der Waals surface area contributed by atoms with Crippen LogP contribution in [0.4, 0.5) is 5.13 Å². The first kappa shape index (κ1) is 2.20. The lowest BCUT2D eigenvalue weighted by molar-refractivity contribution is 0.955. The molecular formula is C6H9BrN2S. The van der Waals surface area contributed by atoms with Gasteiger partial charge in [0.1, 0.15) is 4.60 Å². The maximum Gasteiger partial charge on any atom is 0.186 e. The maximum absolute atomic E-state index is 7.57. The lowest BCUT2D eigenvalue weighted by Crippen LogP contribution is -2.15. The number of rotatable bonds is 2. The number of thiazole rings is 1. The van der Waals surface area contributed by atoms with Gasteiger partial charge in [0.05, 0.1) is 1.37 Å². The van der Waals surface area contributed by atoms with E-state index in [-0.39, 0.29) is 14.9 Å². The Morgan fingerprint density at radius 1 is 2.20 bits per heavy atom. The molecule has 1 aromatic rings. The lowest BCUT2D eigenvalue weighted by atomic mass is 10.7. The van der Waals surface area contributed by atoms with Crippen LogP contribution < -0.4 is 4.90 Å². The molecule has 0 spiro atoms. The Morgan fingerprint density at radius 3 is 3.60 bits per heavy atom. The van der Waals surface area contributed by atoms with Crippen molar-refractivity contribution in [2.75, 3.05) is 18.4 Å². The Kier molecular flexibility index (Phi) is 0.736. The minimum atomic E-state index is -3.18. The van der Waals surface area contributed by atoms with Crippen LogP contribution in [-0.2, 0) is 0 Å². The van der Waals surface area contributed by atoms with E-state index in [0.717, 1.165) is 0 Å². The van der Waals surface area contributed by atoms with Gasteiger partial charge in [-0.05, 0) is 22.8 Å². The topological polar surface area (TPSA) is 16.1 Å². The van der Waals surface area contributed by atoms with E-state index in [1.54, 1.807) is 0 Å². The van der Waals surface area contributed by atoms with Crippen LogP contribution >= 0.6 is 27.3 Å². The molecule has 10 heavy (non-hydrogen) atoms. The monoisotopic (exact) mass is 229 g/mol. The second-order valence-corrected chi connectivity index (χ2v) is 2.86. The molecule has 56 valence electrons. The molecule has 4 heteroatoms. The molecule has 0 aliphatic rings. The lowest BCUT2D eigenvalue weighted by Gasteiger charge is -2.10. The van der Waals surface area contributed by atoms with Gasteiger partial charge in [0.2, 0.25) is 0 Å². The first-order valence-electron chi connectivity index (χ1n) is 6.72. The quantitative estimate of drug-likeness (QED) is 0.775. The van der Waals surface area contributed by atoms with Crippen molar-refractivity contribution in [3.63, 3.8) is 0 Å². The minimum absolute atomic E-state index is 0.0306. The third kappa shape index (κ3) is 1.70. The van der Waals surface area contributed by atoms with E-state index >= 15 is 0 Å². The van der Waals surface area contributed by atoms with Gasteiger partial charge in [-0.1, -0.05) is 0 Å². The van der Waals surface area contributed by atoms with Crippen LogP contribution in [0.15, 0.2) is 9.96 Å². The number of nitrogens with zero attached hydrogens (tertiary/aromatic N) is 2. The van der Waals surface area contributed by atoms with Crippen molar-refractivity contribution in [3.8, 4) is 0 Å². The summed E-state index contributed by atoms with van der Waals surface area (Å²) in [6.45, 7) is -9.36. The molecule has 0 N–H and O–H groups in total. The van der Waals surface area contributed by atoms with E-state index < -0.39 is 25.5 Å². The van der Waals surface area contributed by atoms with Crippen LogP contribution in [0.5, 0.6) is 0 Å². The van der Waals surface area contributed by atoms with E-state index in [9.17, 15) is 0 Å². The van der Waals surface area contributed by atoms with E-state index in [4.69, 9.17) is 12.3 Å². The first-order chi connectivity index (χ1) is 8.28. The van der Waals surface area contributed by atoms with Crippen molar-refractivity contribution >= 4 is 32.4 Å². The molecule has 0 aliphatic carbocycles. The highest BCUT2D eigenvalue weighted by molar-refractivity contribution is 9.10. The Labute approximate surface area is 85.7 Å². The number of aromatic nitrogens is 1. The fourth-order valence-electron chi connectivity index (χ4n) is 0.361. The van der Waals surface area contributed by atoms with E-state index in [1.165, 1.54) is 0 Å². The summed E-state index contributed by atoms with van der Waals surface area (Å²) in [7, 11) is 0. The van der Waals surface area contributed by atoms with Crippen LogP contribution in [0.25, 0.3) is 0 Å². The summed E-state index contributed by atoms with van der Waals surface area (Å²) in [5, 5.41) is -0.511. The Morgan fingerprint density at radius 2 is 3.10 bits per heavy atom. The zero-order valence-electron chi connectivity index (χ0n) is 13.7. The highest BCUT2D eigenvalue weighted by Crippen LogP contribution is 2.21. The number of hydrogen-bond donors (Lipinski definition) is 0. The van der Waals surface area contributed by atoms with Gasteiger partial charge in [-0.15, -0.1) is 11.3 Å². The van der Waals surface area contributed by atoms with Crippen LogP contribution in [0, 0.1) is 0 Å². The molecular weight excluding hydrogens is 212 g/mol. The van der Waals surface area contributed by atoms with Crippen molar-refractivity contribution in [2.24, 2.45) is 0 Å². The van der Waals surface area contributed by atoms with Crippen molar-refractivity contribution < 1.29 is 12.3 Å². The molecule has 1 aromatic heterocycles. The number of anilines is 1. The molecule has 0 saturated carbocycles. The largest absolute Gasteiger partial charge is 0.351 e. The summed E-state index contributed by atoms with van der Waals surface area (Å²) in [6.07, 6.45) is 0. The molecule has 0 bridgehead atoms. The third-order valence-electron chi connectivity index (χ3n) is 0.723. The molecule has 0 aromatic carbocycles. The fourth-order valence-corrected chi connectivity index (χ4v) is 1.38.